The van der Waals surface area contributed by atoms with Gasteiger partial charge in [0.2, 0.25) is 5.78 Å². The Morgan fingerprint density at radius 3 is 2.76 bits per heavy atom. The summed E-state index contributed by atoms with van der Waals surface area (Å²) in [6.45, 7) is 3.42. The number of hydrogen-bond acceptors (Lipinski definition) is 5. The third kappa shape index (κ3) is 4.31. The Balaban J connectivity index is 1.48. The molecule has 0 aliphatic carbocycles. The van der Waals surface area contributed by atoms with Gasteiger partial charge in [0.1, 0.15) is 24.0 Å². The Hall–Kier alpha value is -2.51. The number of rotatable bonds is 4. The van der Waals surface area contributed by atoms with Crippen molar-refractivity contribution in [1.82, 2.24) is 4.90 Å². The molecule has 5 rings (SSSR count). The third-order valence-corrected chi connectivity index (χ3v) is 6.96. The van der Waals surface area contributed by atoms with Gasteiger partial charge in [-0.1, -0.05) is 45.2 Å². The zero-order chi connectivity index (χ0) is 24.0. The average Bonchev–Trinajstić information content (AvgIpc) is 3.13. The number of Topliss-reactive ketones (excluding diaryl/α,β-unsaturated/α-hetero) is 1. The maximum atomic E-state index is 13.3. The lowest BCUT2D eigenvalue weighted by Crippen LogP contribution is -2.32. The number of nitrogens with zero attached hydrogens (tertiary/aromatic N) is 1. The molecular formula is C26H20BrCl2NO4. The number of carbonyl (C=O) groups excluding carboxylic acids is 1. The number of ketones is 1. The van der Waals surface area contributed by atoms with Gasteiger partial charge in [0, 0.05) is 33.2 Å². The number of carbonyl (C=O) groups is 1. The van der Waals surface area contributed by atoms with Crippen LogP contribution in [0, 0.1) is 6.92 Å². The van der Waals surface area contributed by atoms with Gasteiger partial charge < -0.3 is 14.2 Å². The van der Waals surface area contributed by atoms with Crippen LogP contribution in [-0.2, 0) is 13.1 Å². The summed E-state index contributed by atoms with van der Waals surface area (Å²) in [5, 5.41) is 1.20. The minimum atomic E-state index is -0.157. The highest BCUT2D eigenvalue weighted by molar-refractivity contribution is 9.10. The lowest BCUT2D eigenvalue weighted by Gasteiger charge is -2.30. The van der Waals surface area contributed by atoms with E-state index in [4.69, 9.17) is 37.4 Å². The SMILES string of the molecule is COc1ccc(Br)cc1/C=C1\Oc2c3c(cc(C)c2C1=O)OCN(Cc1ccc(Cl)cc1Cl)C3. The Labute approximate surface area is 215 Å². The first kappa shape index (κ1) is 23.2. The van der Waals surface area contributed by atoms with E-state index in [9.17, 15) is 4.79 Å². The quantitative estimate of drug-likeness (QED) is 0.320. The smallest absolute Gasteiger partial charge is 0.232 e. The first-order valence-corrected chi connectivity index (χ1v) is 12.1. The van der Waals surface area contributed by atoms with Crippen LogP contribution in [0.4, 0.5) is 0 Å². The third-order valence-electron chi connectivity index (χ3n) is 5.88. The van der Waals surface area contributed by atoms with E-state index in [1.165, 1.54) is 0 Å². The van der Waals surface area contributed by atoms with Crippen molar-refractivity contribution >= 4 is 51.0 Å². The molecule has 5 nitrogen and oxygen atoms in total. The number of benzene rings is 3. The number of allylic oxidation sites excluding steroid dienone is 1. The summed E-state index contributed by atoms with van der Waals surface area (Å²) >= 11 is 15.9. The number of halogens is 3. The van der Waals surface area contributed by atoms with Gasteiger partial charge in [-0.25, -0.2) is 0 Å². The summed E-state index contributed by atoms with van der Waals surface area (Å²) in [4.78, 5) is 15.4. The molecule has 2 heterocycles. The summed E-state index contributed by atoms with van der Waals surface area (Å²) in [5.74, 6) is 2.02. The lowest BCUT2D eigenvalue weighted by atomic mass is 9.98. The maximum Gasteiger partial charge on any atom is 0.232 e. The maximum absolute atomic E-state index is 13.3. The molecule has 3 aromatic carbocycles. The van der Waals surface area contributed by atoms with Crippen LogP contribution in [0.2, 0.25) is 10.0 Å². The minimum Gasteiger partial charge on any atom is -0.496 e. The van der Waals surface area contributed by atoms with E-state index in [2.05, 4.69) is 20.8 Å². The normalized spacial score (nSPS) is 16.1. The minimum absolute atomic E-state index is 0.157. The number of fused-ring (bicyclic) bond motifs is 3. The summed E-state index contributed by atoms with van der Waals surface area (Å²) < 4.78 is 18.5. The molecule has 0 unspecified atom stereocenters. The van der Waals surface area contributed by atoms with Crippen LogP contribution >= 0.6 is 39.1 Å². The van der Waals surface area contributed by atoms with Gasteiger partial charge in [0.05, 0.1) is 18.2 Å². The van der Waals surface area contributed by atoms with Crippen molar-refractivity contribution in [2.75, 3.05) is 13.8 Å². The standard InChI is InChI=1S/C26H20BrCl2NO4/c1-14-7-22-19(12-30(13-33-22)11-15-3-5-18(28)10-20(15)29)26-24(14)25(31)23(34-26)9-16-8-17(27)4-6-21(16)32-2/h3-10H,11-13H2,1-2H3/b23-9-. The summed E-state index contributed by atoms with van der Waals surface area (Å²) in [6, 6.07) is 13.0. The zero-order valence-corrected chi connectivity index (χ0v) is 21.6. The summed E-state index contributed by atoms with van der Waals surface area (Å²) in [6.07, 6.45) is 1.71. The second kappa shape index (κ2) is 9.27. The number of hydrogen-bond donors (Lipinski definition) is 0. The van der Waals surface area contributed by atoms with Crippen molar-refractivity contribution in [3.63, 3.8) is 0 Å². The monoisotopic (exact) mass is 559 g/mol. The Morgan fingerprint density at radius 2 is 2.00 bits per heavy atom. The molecule has 0 fully saturated rings. The van der Waals surface area contributed by atoms with Crippen LogP contribution in [0.3, 0.4) is 0 Å². The molecule has 0 N–H and O–H groups in total. The van der Waals surface area contributed by atoms with Gasteiger partial charge >= 0.3 is 0 Å². The molecule has 0 bridgehead atoms. The van der Waals surface area contributed by atoms with Crippen molar-refractivity contribution in [1.29, 1.82) is 0 Å². The van der Waals surface area contributed by atoms with E-state index in [1.54, 1.807) is 19.3 Å². The number of methoxy groups -OCH3 is 1. The molecule has 0 saturated carbocycles. The van der Waals surface area contributed by atoms with E-state index in [0.29, 0.717) is 46.9 Å². The lowest BCUT2D eigenvalue weighted by molar-refractivity contribution is 0.0872. The second-order valence-electron chi connectivity index (χ2n) is 8.20. The molecular weight excluding hydrogens is 541 g/mol. The van der Waals surface area contributed by atoms with E-state index in [1.807, 2.05) is 43.3 Å². The van der Waals surface area contributed by atoms with Crippen molar-refractivity contribution in [2.24, 2.45) is 0 Å². The van der Waals surface area contributed by atoms with E-state index < -0.39 is 0 Å². The molecule has 0 amide bonds. The van der Waals surface area contributed by atoms with Crippen molar-refractivity contribution in [3.05, 3.63) is 90.6 Å². The van der Waals surface area contributed by atoms with Crippen LogP contribution in [0.5, 0.6) is 17.2 Å². The van der Waals surface area contributed by atoms with Crippen LogP contribution in [0.1, 0.15) is 32.6 Å². The fraction of sp³-hybridized carbons (Fsp3) is 0.192. The second-order valence-corrected chi connectivity index (χ2v) is 9.96. The van der Waals surface area contributed by atoms with Crippen LogP contribution in [0.25, 0.3) is 6.08 Å². The van der Waals surface area contributed by atoms with Gasteiger partial charge in [-0.05, 0) is 60.5 Å². The Morgan fingerprint density at radius 1 is 1.18 bits per heavy atom. The van der Waals surface area contributed by atoms with Crippen LogP contribution in [0.15, 0.2) is 52.7 Å². The molecule has 3 aromatic rings. The van der Waals surface area contributed by atoms with Gasteiger partial charge in [-0.2, -0.15) is 0 Å². The molecule has 0 atom stereocenters. The van der Waals surface area contributed by atoms with E-state index >= 15 is 0 Å². The van der Waals surface area contributed by atoms with Gasteiger partial charge in [0.25, 0.3) is 0 Å². The Bertz CT molecular complexity index is 1360. The van der Waals surface area contributed by atoms with Crippen LogP contribution in [-0.4, -0.2) is 24.5 Å². The van der Waals surface area contributed by atoms with Crippen LogP contribution < -0.4 is 14.2 Å². The molecule has 34 heavy (non-hydrogen) atoms. The van der Waals surface area contributed by atoms with Gasteiger partial charge in [0.15, 0.2) is 5.76 Å². The molecule has 174 valence electrons. The summed E-state index contributed by atoms with van der Waals surface area (Å²) in [5.41, 5.74) is 3.91. The summed E-state index contributed by atoms with van der Waals surface area (Å²) in [7, 11) is 1.59. The topological polar surface area (TPSA) is 48.0 Å². The molecule has 2 aliphatic rings. The highest BCUT2D eigenvalue weighted by Crippen LogP contribution is 2.44. The predicted octanol–water partition coefficient (Wildman–Crippen LogP) is 7.04. The highest BCUT2D eigenvalue weighted by atomic mass is 79.9. The first-order chi connectivity index (χ1) is 16.3. The van der Waals surface area contributed by atoms with Crippen molar-refractivity contribution in [3.8, 4) is 17.2 Å². The molecule has 8 heteroatoms. The zero-order valence-electron chi connectivity index (χ0n) is 18.5. The largest absolute Gasteiger partial charge is 0.496 e. The van der Waals surface area contributed by atoms with Crippen molar-refractivity contribution in [2.45, 2.75) is 20.0 Å². The molecule has 0 aromatic heterocycles. The van der Waals surface area contributed by atoms with E-state index in [-0.39, 0.29) is 11.5 Å². The predicted molar refractivity (Wildman–Crippen MR) is 136 cm³/mol. The molecule has 0 radical (unpaired) electrons. The number of aryl methyl sites for hydroxylation is 1. The fourth-order valence-corrected chi connectivity index (χ4v) is 5.07. The highest BCUT2D eigenvalue weighted by Gasteiger charge is 2.35. The van der Waals surface area contributed by atoms with E-state index in [0.717, 1.165) is 32.5 Å². The van der Waals surface area contributed by atoms with Gasteiger partial charge in [-0.15, -0.1) is 0 Å². The fourth-order valence-electron chi connectivity index (χ4n) is 4.23. The average molecular weight is 561 g/mol. The molecule has 0 spiro atoms. The molecule has 2 aliphatic heterocycles. The molecule has 0 saturated heterocycles. The Kier molecular flexibility index (Phi) is 6.34. The number of ether oxygens (including phenoxy) is 3. The van der Waals surface area contributed by atoms with Crippen molar-refractivity contribution < 1.29 is 19.0 Å². The first-order valence-electron chi connectivity index (χ1n) is 10.6. The van der Waals surface area contributed by atoms with Gasteiger partial charge in [-0.3, -0.25) is 9.69 Å².